The Labute approximate surface area is 105 Å². The van der Waals surface area contributed by atoms with E-state index in [-0.39, 0.29) is 18.6 Å². The van der Waals surface area contributed by atoms with Gasteiger partial charge in [0, 0.05) is 12.5 Å². The highest BCUT2D eigenvalue weighted by atomic mass is 16.5. The summed E-state index contributed by atoms with van der Waals surface area (Å²) >= 11 is 0. The fourth-order valence-electron chi connectivity index (χ4n) is 2.33. The number of β-lactam (4-membered cyclic amide) rings is 1. The second kappa shape index (κ2) is 4.29. The smallest absolute Gasteiger partial charge is 0.355 e. The molecule has 1 fully saturated rings. The number of ether oxygens (including phenoxy) is 1. The summed E-state index contributed by atoms with van der Waals surface area (Å²) in [6.45, 7) is 0.240. The van der Waals surface area contributed by atoms with E-state index in [2.05, 4.69) is 0 Å². The van der Waals surface area contributed by atoms with E-state index in [1.807, 2.05) is 30.3 Å². The molecule has 0 aliphatic carbocycles. The lowest BCUT2D eigenvalue weighted by Crippen LogP contribution is -2.49. The molecule has 2 aliphatic heterocycles. The molecule has 1 amide bonds. The first-order valence-corrected chi connectivity index (χ1v) is 5.99. The molecule has 1 saturated heterocycles. The van der Waals surface area contributed by atoms with Gasteiger partial charge in [-0.25, -0.2) is 4.79 Å². The van der Waals surface area contributed by atoms with Crippen molar-refractivity contribution >= 4 is 11.9 Å². The van der Waals surface area contributed by atoms with Crippen LogP contribution < -0.4 is 0 Å². The van der Waals surface area contributed by atoms with E-state index in [9.17, 15) is 9.59 Å². The molecule has 92 valence electrons. The highest BCUT2D eigenvalue weighted by molar-refractivity contribution is 5.98. The molecule has 4 heteroatoms. The van der Waals surface area contributed by atoms with Crippen LogP contribution in [0.5, 0.6) is 0 Å². The fraction of sp³-hybridized carbons (Fsp3) is 0.286. The summed E-state index contributed by atoms with van der Waals surface area (Å²) in [4.78, 5) is 24.8. The minimum absolute atomic E-state index is 0.0143. The SMILES string of the molecule is O=C(OCc1ccccc1)C1=CCC2CC(=O)N12. The number of fused-ring (bicyclic) bond motifs is 1. The van der Waals surface area contributed by atoms with Crippen LogP contribution in [-0.2, 0) is 20.9 Å². The van der Waals surface area contributed by atoms with E-state index < -0.39 is 5.97 Å². The molecule has 2 heterocycles. The summed E-state index contributed by atoms with van der Waals surface area (Å²) in [6, 6.07) is 9.69. The van der Waals surface area contributed by atoms with Gasteiger partial charge in [0.1, 0.15) is 12.3 Å². The normalized spacial score (nSPS) is 21.1. The second-order valence-electron chi connectivity index (χ2n) is 4.51. The van der Waals surface area contributed by atoms with Crippen LogP contribution in [0, 0.1) is 0 Å². The topological polar surface area (TPSA) is 46.6 Å². The van der Waals surface area contributed by atoms with Crippen molar-refractivity contribution in [3.63, 3.8) is 0 Å². The number of amides is 1. The maximum Gasteiger partial charge on any atom is 0.355 e. The zero-order chi connectivity index (χ0) is 12.5. The van der Waals surface area contributed by atoms with Crippen molar-refractivity contribution in [1.29, 1.82) is 0 Å². The van der Waals surface area contributed by atoms with Gasteiger partial charge in [0.15, 0.2) is 0 Å². The number of benzene rings is 1. The van der Waals surface area contributed by atoms with Crippen LogP contribution in [0.2, 0.25) is 0 Å². The minimum atomic E-state index is -0.408. The monoisotopic (exact) mass is 243 g/mol. The quantitative estimate of drug-likeness (QED) is 0.598. The molecular weight excluding hydrogens is 230 g/mol. The van der Waals surface area contributed by atoms with Crippen LogP contribution in [-0.4, -0.2) is 22.8 Å². The molecular formula is C14H13NO3. The van der Waals surface area contributed by atoms with Gasteiger partial charge in [-0.3, -0.25) is 4.79 Å². The van der Waals surface area contributed by atoms with Gasteiger partial charge in [-0.05, 0) is 12.0 Å². The number of nitrogens with zero attached hydrogens (tertiary/aromatic N) is 1. The first-order valence-electron chi connectivity index (χ1n) is 5.99. The Morgan fingerprint density at radius 2 is 2.11 bits per heavy atom. The third-order valence-corrected chi connectivity index (χ3v) is 3.31. The molecule has 1 aromatic carbocycles. The summed E-state index contributed by atoms with van der Waals surface area (Å²) in [6.07, 6.45) is 3.11. The van der Waals surface area contributed by atoms with Crippen molar-refractivity contribution < 1.29 is 14.3 Å². The predicted octanol–water partition coefficient (Wildman–Crippen LogP) is 1.62. The Hall–Kier alpha value is -2.10. The van der Waals surface area contributed by atoms with Gasteiger partial charge in [0.25, 0.3) is 0 Å². The third kappa shape index (κ3) is 1.79. The summed E-state index contributed by atoms with van der Waals surface area (Å²) in [5, 5.41) is 0. The lowest BCUT2D eigenvalue weighted by Gasteiger charge is -2.35. The second-order valence-corrected chi connectivity index (χ2v) is 4.51. The largest absolute Gasteiger partial charge is 0.456 e. The number of carbonyl (C=O) groups is 2. The van der Waals surface area contributed by atoms with Crippen molar-refractivity contribution in [3.05, 3.63) is 47.7 Å². The molecule has 1 unspecified atom stereocenters. The molecule has 1 aromatic rings. The third-order valence-electron chi connectivity index (χ3n) is 3.31. The van der Waals surface area contributed by atoms with Crippen molar-refractivity contribution in [2.75, 3.05) is 0 Å². The number of rotatable bonds is 3. The molecule has 1 atom stereocenters. The van der Waals surface area contributed by atoms with Gasteiger partial charge in [0.2, 0.25) is 5.91 Å². The number of carbonyl (C=O) groups excluding carboxylic acids is 2. The van der Waals surface area contributed by atoms with E-state index in [0.29, 0.717) is 12.1 Å². The standard InChI is InChI=1S/C14H13NO3/c16-13-8-11-6-7-12(15(11)13)14(17)18-9-10-4-2-1-3-5-10/h1-5,7,11H,6,8-9H2. The maximum absolute atomic E-state index is 11.9. The minimum Gasteiger partial charge on any atom is -0.456 e. The molecule has 0 radical (unpaired) electrons. The van der Waals surface area contributed by atoms with Crippen molar-refractivity contribution in [1.82, 2.24) is 4.90 Å². The van der Waals surface area contributed by atoms with E-state index in [1.165, 1.54) is 0 Å². The number of esters is 1. The van der Waals surface area contributed by atoms with Crippen LogP contribution in [0.15, 0.2) is 42.1 Å². The first kappa shape index (κ1) is 11.0. The molecule has 3 rings (SSSR count). The van der Waals surface area contributed by atoms with Gasteiger partial charge in [-0.1, -0.05) is 36.4 Å². The Kier molecular flexibility index (Phi) is 2.63. The zero-order valence-corrected chi connectivity index (χ0v) is 9.83. The molecule has 4 nitrogen and oxygen atoms in total. The van der Waals surface area contributed by atoms with Crippen LogP contribution in [0.25, 0.3) is 0 Å². The van der Waals surface area contributed by atoms with Crippen molar-refractivity contribution in [2.24, 2.45) is 0 Å². The average molecular weight is 243 g/mol. The van der Waals surface area contributed by atoms with Crippen LogP contribution in [0.3, 0.4) is 0 Å². The lowest BCUT2D eigenvalue weighted by molar-refractivity contribution is -0.150. The fourth-order valence-corrected chi connectivity index (χ4v) is 2.33. The molecule has 0 bridgehead atoms. The number of hydrogen-bond donors (Lipinski definition) is 0. The van der Waals surface area contributed by atoms with Gasteiger partial charge >= 0.3 is 5.97 Å². The molecule has 0 N–H and O–H groups in total. The van der Waals surface area contributed by atoms with Crippen molar-refractivity contribution in [2.45, 2.75) is 25.5 Å². The van der Waals surface area contributed by atoms with Crippen LogP contribution >= 0.6 is 0 Å². The Morgan fingerprint density at radius 1 is 1.33 bits per heavy atom. The molecule has 0 spiro atoms. The summed E-state index contributed by atoms with van der Waals surface area (Å²) in [7, 11) is 0. The molecule has 0 aromatic heterocycles. The van der Waals surface area contributed by atoms with Gasteiger partial charge in [-0.15, -0.1) is 0 Å². The Morgan fingerprint density at radius 3 is 2.83 bits per heavy atom. The van der Waals surface area contributed by atoms with Gasteiger partial charge in [0.05, 0.1) is 0 Å². The molecule has 18 heavy (non-hydrogen) atoms. The molecule has 0 saturated carbocycles. The van der Waals surface area contributed by atoms with Gasteiger partial charge in [-0.2, -0.15) is 0 Å². The highest BCUT2D eigenvalue weighted by Gasteiger charge is 2.44. The summed E-state index contributed by atoms with van der Waals surface area (Å²) < 4.78 is 5.21. The van der Waals surface area contributed by atoms with E-state index in [1.54, 1.807) is 11.0 Å². The zero-order valence-electron chi connectivity index (χ0n) is 9.83. The lowest BCUT2D eigenvalue weighted by atomic mass is 10.0. The summed E-state index contributed by atoms with van der Waals surface area (Å²) in [5.41, 5.74) is 1.35. The van der Waals surface area contributed by atoms with Crippen LogP contribution in [0.1, 0.15) is 18.4 Å². The predicted molar refractivity (Wildman–Crippen MR) is 64.2 cm³/mol. The Bertz CT molecular complexity index is 521. The van der Waals surface area contributed by atoms with E-state index in [4.69, 9.17) is 4.74 Å². The highest BCUT2D eigenvalue weighted by Crippen LogP contribution is 2.34. The summed E-state index contributed by atoms with van der Waals surface area (Å²) in [5.74, 6) is -0.394. The Balaban J connectivity index is 1.61. The van der Waals surface area contributed by atoms with E-state index in [0.717, 1.165) is 12.0 Å². The van der Waals surface area contributed by atoms with Crippen molar-refractivity contribution in [3.8, 4) is 0 Å². The van der Waals surface area contributed by atoms with Crippen LogP contribution in [0.4, 0.5) is 0 Å². The van der Waals surface area contributed by atoms with Gasteiger partial charge < -0.3 is 9.64 Å². The molecule has 2 aliphatic rings. The average Bonchev–Trinajstić information content (AvgIpc) is 2.74. The maximum atomic E-state index is 11.9. The first-order chi connectivity index (χ1) is 8.75. The van der Waals surface area contributed by atoms with E-state index >= 15 is 0 Å². The number of hydrogen-bond acceptors (Lipinski definition) is 3.